The van der Waals surface area contributed by atoms with E-state index in [9.17, 15) is 0 Å². The van der Waals surface area contributed by atoms with Crippen LogP contribution in [0.25, 0.3) is 0 Å². The highest BCUT2D eigenvalue weighted by atomic mass is 35.5. The van der Waals surface area contributed by atoms with Gasteiger partial charge in [0.05, 0.1) is 0 Å². The van der Waals surface area contributed by atoms with E-state index >= 15 is 0 Å². The van der Waals surface area contributed by atoms with Crippen LogP contribution >= 0.6 is 11.6 Å². The summed E-state index contributed by atoms with van der Waals surface area (Å²) in [6, 6.07) is 8.50. The molecule has 0 N–H and O–H groups in total. The Morgan fingerprint density at radius 1 is 1.27 bits per heavy atom. The monoisotopic (exact) mass is 220 g/mol. The van der Waals surface area contributed by atoms with E-state index in [0.29, 0.717) is 11.8 Å². The second-order valence-electron chi connectivity index (χ2n) is 3.67. The van der Waals surface area contributed by atoms with Crippen LogP contribution in [0.2, 0.25) is 0 Å². The fourth-order valence-corrected chi connectivity index (χ4v) is 1.44. The highest BCUT2D eigenvalue weighted by Gasteiger charge is 2.00. The van der Waals surface area contributed by atoms with Crippen molar-refractivity contribution in [3.05, 3.63) is 35.4 Å². The van der Waals surface area contributed by atoms with Crippen LogP contribution in [0.4, 0.5) is 0 Å². The van der Waals surface area contributed by atoms with E-state index in [1.165, 1.54) is 12.0 Å². The number of rotatable bonds is 3. The third-order valence-corrected chi connectivity index (χ3v) is 2.73. The van der Waals surface area contributed by atoms with Crippen molar-refractivity contribution in [3.63, 3.8) is 0 Å². The topological polar surface area (TPSA) is 0 Å². The first-order valence-corrected chi connectivity index (χ1v) is 5.96. The van der Waals surface area contributed by atoms with Gasteiger partial charge in [-0.05, 0) is 30.0 Å². The number of hydrogen-bond acceptors (Lipinski definition) is 0. The van der Waals surface area contributed by atoms with Gasteiger partial charge >= 0.3 is 0 Å². The van der Waals surface area contributed by atoms with Crippen LogP contribution in [0, 0.1) is 11.8 Å². The zero-order valence-corrected chi connectivity index (χ0v) is 10.1. The van der Waals surface area contributed by atoms with Gasteiger partial charge in [0.15, 0.2) is 0 Å². The lowest BCUT2D eigenvalue weighted by molar-refractivity contribution is 0.733. The second kappa shape index (κ2) is 6.53. The summed E-state index contributed by atoms with van der Waals surface area (Å²) in [6.07, 6.45) is 1.94. The van der Waals surface area contributed by atoms with Gasteiger partial charge in [0.2, 0.25) is 0 Å². The summed E-state index contributed by atoms with van der Waals surface area (Å²) in [5.41, 5.74) is 2.47. The van der Waals surface area contributed by atoms with Gasteiger partial charge in [0.1, 0.15) is 0 Å². The molecule has 1 aromatic rings. The Bertz CT molecular complexity index is 340. The van der Waals surface area contributed by atoms with Crippen LogP contribution in [-0.2, 0) is 0 Å². The molecule has 1 atom stereocenters. The molecule has 1 unspecified atom stereocenters. The third-order valence-electron chi connectivity index (χ3n) is 2.54. The van der Waals surface area contributed by atoms with E-state index in [-0.39, 0.29) is 0 Å². The van der Waals surface area contributed by atoms with Gasteiger partial charge < -0.3 is 0 Å². The van der Waals surface area contributed by atoms with Gasteiger partial charge in [-0.1, -0.05) is 37.8 Å². The highest BCUT2D eigenvalue weighted by molar-refractivity contribution is 6.18. The Labute approximate surface area is 97.7 Å². The largest absolute Gasteiger partial charge is 0.126 e. The first kappa shape index (κ1) is 12.1. The Morgan fingerprint density at radius 2 is 1.93 bits per heavy atom. The van der Waals surface area contributed by atoms with Gasteiger partial charge in [-0.25, -0.2) is 0 Å². The molecule has 0 heterocycles. The Morgan fingerprint density at radius 3 is 2.47 bits per heavy atom. The first-order chi connectivity index (χ1) is 7.27. The third kappa shape index (κ3) is 3.98. The van der Waals surface area contributed by atoms with Crippen molar-refractivity contribution in [1.82, 2.24) is 0 Å². The van der Waals surface area contributed by atoms with Gasteiger partial charge in [0, 0.05) is 17.9 Å². The van der Waals surface area contributed by atoms with Gasteiger partial charge in [-0.15, -0.1) is 11.6 Å². The van der Waals surface area contributed by atoms with E-state index in [1.807, 2.05) is 0 Å². The summed E-state index contributed by atoms with van der Waals surface area (Å²) in [5.74, 6) is 7.37. The van der Waals surface area contributed by atoms with Crippen molar-refractivity contribution in [2.24, 2.45) is 0 Å². The predicted octanol–water partition coefficient (Wildman–Crippen LogP) is 4.18. The number of alkyl halides is 1. The average molecular weight is 221 g/mol. The molecule has 0 nitrogen and oxygen atoms in total. The van der Waals surface area contributed by atoms with E-state index in [4.69, 9.17) is 11.6 Å². The molecule has 0 amide bonds. The van der Waals surface area contributed by atoms with Crippen molar-refractivity contribution >= 4 is 11.6 Å². The predicted molar refractivity (Wildman–Crippen MR) is 67.4 cm³/mol. The molecule has 0 aliphatic carbocycles. The minimum atomic E-state index is 0.609. The summed E-state index contributed by atoms with van der Waals surface area (Å²) in [4.78, 5) is 0. The van der Waals surface area contributed by atoms with E-state index in [1.54, 1.807) is 0 Å². The van der Waals surface area contributed by atoms with Crippen LogP contribution < -0.4 is 0 Å². The summed E-state index contributed by atoms with van der Waals surface area (Å²) in [6.45, 7) is 4.45. The fraction of sp³-hybridized carbons (Fsp3) is 0.429. The Hall–Kier alpha value is -0.930. The Kier molecular flexibility index (Phi) is 5.29. The SMILES string of the molecule is CCC(C)c1ccc(C#CCCCl)cc1. The maximum atomic E-state index is 5.55. The van der Waals surface area contributed by atoms with E-state index in [0.717, 1.165) is 12.0 Å². The van der Waals surface area contributed by atoms with Crippen molar-refractivity contribution < 1.29 is 0 Å². The molecule has 0 aromatic heterocycles. The van der Waals surface area contributed by atoms with Crippen LogP contribution in [0.3, 0.4) is 0 Å². The smallest absolute Gasteiger partial charge is 0.0333 e. The van der Waals surface area contributed by atoms with Crippen molar-refractivity contribution in [2.75, 3.05) is 5.88 Å². The second-order valence-corrected chi connectivity index (χ2v) is 4.05. The molecule has 80 valence electrons. The molecule has 1 heteroatoms. The van der Waals surface area contributed by atoms with Gasteiger partial charge in [-0.2, -0.15) is 0 Å². The van der Waals surface area contributed by atoms with Crippen LogP contribution in [-0.4, -0.2) is 5.88 Å². The molecule has 0 bridgehead atoms. The molecule has 0 spiro atoms. The zero-order chi connectivity index (χ0) is 11.1. The van der Waals surface area contributed by atoms with E-state index < -0.39 is 0 Å². The van der Waals surface area contributed by atoms with Crippen molar-refractivity contribution in [1.29, 1.82) is 0 Å². The van der Waals surface area contributed by atoms with Crippen LogP contribution in [0.1, 0.15) is 43.7 Å². The number of benzene rings is 1. The first-order valence-electron chi connectivity index (χ1n) is 5.42. The maximum absolute atomic E-state index is 5.55. The lowest BCUT2D eigenvalue weighted by Crippen LogP contribution is -1.90. The number of halogens is 1. The summed E-state index contributed by atoms with van der Waals surface area (Å²) in [7, 11) is 0. The molecule has 0 aliphatic rings. The normalized spacial score (nSPS) is 11.7. The molecule has 0 fully saturated rings. The molecule has 0 radical (unpaired) electrons. The average Bonchev–Trinajstić information content (AvgIpc) is 2.29. The highest BCUT2D eigenvalue weighted by Crippen LogP contribution is 2.18. The molecular weight excluding hydrogens is 204 g/mol. The molecule has 0 saturated carbocycles. The Balaban J connectivity index is 2.69. The summed E-state index contributed by atoms with van der Waals surface area (Å²) >= 11 is 5.55. The molecule has 0 aliphatic heterocycles. The maximum Gasteiger partial charge on any atom is 0.0333 e. The standard InChI is InChI=1S/C14H17Cl/c1-3-12(2)14-9-7-13(8-10-14)6-4-5-11-15/h7-10,12H,3,5,11H2,1-2H3. The van der Waals surface area contributed by atoms with Crippen LogP contribution in [0.15, 0.2) is 24.3 Å². The molecule has 15 heavy (non-hydrogen) atoms. The lowest BCUT2D eigenvalue weighted by Gasteiger charge is -2.07. The molecule has 0 saturated heterocycles. The molecule has 1 rings (SSSR count). The van der Waals surface area contributed by atoms with Gasteiger partial charge in [0.25, 0.3) is 0 Å². The minimum absolute atomic E-state index is 0.609. The number of hydrogen-bond donors (Lipinski definition) is 0. The van der Waals surface area contributed by atoms with E-state index in [2.05, 4.69) is 50.0 Å². The molecule has 1 aromatic carbocycles. The summed E-state index contributed by atoms with van der Waals surface area (Å²) in [5, 5.41) is 0. The molecular formula is C14H17Cl. The van der Waals surface area contributed by atoms with Crippen molar-refractivity contribution in [2.45, 2.75) is 32.6 Å². The van der Waals surface area contributed by atoms with Gasteiger partial charge in [-0.3, -0.25) is 0 Å². The quantitative estimate of drug-likeness (QED) is 0.530. The van der Waals surface area contributed by atoms with Crippen molar-refractivity contribution in [3.8, 4) is 11.8 Å². The fourth-order valence-electron chi connectivity index (χ4n) is 1.34. The van der Waals surface area contributed by atoms with Crippen LogP contribution in [0.5, 0.6) is 0 Å². The minimum Gasteiger partial charge on any atom is -0.126 e. The zero-order valence-electron chi connectivity index (χ0n) is 9.39. The lowest BCUT2D eigenvalue weighted by atomic mass is 9.98. The summed E-state index contributed by atoms with van der Waals surface area (Å²) < 4.78 is 0.